The van der Waals surface area contributed by atoms with Crippen molar-refractivity contribution in [1.82, 2.24) is 15.2 Å². The van der Waals surface area contributed by atoms with E-state index in [1.807, 2.05) is 36.4 Å². The third-order valence-electron chi connectivity index (χ3n) is 4.79. The Labute approximate surface area is 186 Å². The quantitative estimate of drug-likeness (QED) is 0.278. The zero-order valence-electron chi connectivity index (χ0n) is 15.9. The Kier molecular flexibility index (Phi) is 5.14. The van der Waals surface area contributed by atoms with Crippen LogP contribution in [-0.4, -0.2) is 20.9 Å². The smallest absolute Gasteiger partial charge is 0.247 e. The van der Waals surface area contributed by atoms with Crippen LogP contribution in [0.3, 0.4) is 0 Å². The Hall–Kier alpha value is -2.90. The summed E-state index contributed by atoms with van der Waals surface area (Å²) in [4.78, 5) is 4.64. The van der Waals surface area contributed by atoms with E-state index in [0.717, 1.165) is 26.7 Å². The molecule has 7 heteroatoms. The number of hydrogen-bond donors (Lipinski definition) is 1. The third-order valence-corrected chi connectivity index (χ3v) is 6.12. The Balaban J connectivity index is 1.62. The van der Waals surface area contributed by atoms with E-state index in [1.54, 1.807) is 0 Å². The van der Waals surface area contributed by atoms with E-state index in [9.17, 15) is 0 Å². The fraction of sp³-hybridized carbons (Fsp3) is 0.0870. The molecule has 2 heterocycles. The molecule has 1 aromatic heterocycles. The van der Waals surface area contributed by atoms with Crippen LogP contribution in [-0.2, 0) is 0 Å². The summed E-state index contributed by atoms with van der Waals surface area (Å²) in [6, 6.07) is 20.6. The molecule has 0 aliphatic carbocycles. The maximum Gasteiger partial charge on any atom is 0.247 e. The second kappa shape index (κ2) is 8.08. The average molecular weight is 477 g/mol. The molecule has 148 valence electrons. The fourth-order valence-corrected chi connectivity index (χ4v) is 4.26. The van der Waals surface area contributed by atoms with Gasteiger partial charge in [0.1, 0.15) is 0 Å². The minimum absolute atomic E-state index is 0.412. The Morgan fingerprint density at radius 3 is 2.80 bits per heavy atom. The number of ether oxygens (including phenoxy) is 1. The van der Waals surface area contributed by atoms with Gasteiger partial charge >= 0.3 is 0 Å². The van der Waals surface area contributed by atoms with Gasteiger partial charge < -0.3 is 10.1 Å². The summed E-state index contributed by atoms with van der Waals surface area (Å²) in [5, 5.41) is 15.1. The van der Waals surface area contributed by atoms with Gasteiger partial charge in [-0.15, -0.1) is 16.8 Å². The van der Waals surface area contributed by atoms with Crippen LogP contribution in [0.1, 0.15) is 11.8 Å². The van der Waals surface area contributed by atoms with Gasteiger partial charge in [-0.3, -0.25) is 0 Å². The first-order valence-electron chi connectivity index (χ1n) is 9.41. The summed E-state index contributed by atoms with van der Waals surface area (Å²) in [5.74, 6) is 1.16. The summed E-state index contributed by atoms with van der Waals surface area (Å²) >= 11 is 5.02. The van der Waals surface area contributed by atoms with Crippen LogP contribution in [0.15, 0.2) is 82.9 Å². The number of benzene rings is 3. The molecule has 1 aliphatic heterocycles. The molecule has 1 N–H and O–H groups in total. The van der Waals surface area contributed by atoms with Gasteiger partial charge in [0.2, 0.25) is 11.0 Å². The molecule has 1 aliphatic rings. The number of anilines is 1. The van der Waals surface area contributed by atoms with Crippen LogP contribution in [0.5, 0.6) is 5.88 Å². The molecule has 0 bridgehead atoms. The number of halogens is 1. The van der Waals surface area contributed by atoms with E-state index in [0.29, 0.717) is 22.5 Å². The summed E-state index contributed by atoms with van der Waals surface area (Å²) in [6.07, 6.45) is 1.40. The van der Waals surface area contributed by atoms with Gasteiger partial charge in [0.25, 0.3) is 0 Å². The zero-order chi connectivity index (χ0) is 20.5. The number of thioether (sulfide) groups is 1. The van der Waals surface area contributed by atoms with Gasteiger partial charge in [0.05, 0.1) is 0 Å². The number of nitrogens with one attached hydrogen (secondary N) is 1. The standard InChI is InChI=1S/C23H17BrN4OS/c1-2-11-30-23-26-22-20(27-28-23)18-13-17(24)9-10-19(18)25-21(29-22)16-8-7-14-5-3-4-6-15(14)12-16/h2-10,12-13,21,25H,1,11H2/t21-/m0/s1. The fourth-order valence-electron chi connectivity index (χ4n) is 3.39. The van der Waals surface area contributed by atoms with Crippen LogP contribution < -0.4 is 10.1 Å². The van der Waals surface area contributed by atoms with E-state index in [-0.39, 0.29) is 0 Å². The molecule has 5 nitrogen and oxygen atoms in total. The van der Waals surface area contributed by atoms with E-state index >= 15 is 0 Å². The monoisotopic (exact) mass is 476 g/mol. The number of rotatable bonds is 4. The van der Waals surface area contributed by atoms with Crippen LogP contribution in [0.4, 0.5) is 5.69 Å². The highest BCUT2D eigenvalue weighted by Gasteiger charge is 2.26. The molecule has 4 aromatic rings. The second-order valence-corrected chi connectivity index (χ2v) is 8.69. The van der Waals surface area contributed by atoms with Crippen molar-refractivity contribution in [1.29, 1.82) is 0 Å². The summed E-state index contributed by atoms with van der Waals surface area (Å²) in [7, 11) is 0. The molecule has 0 saturated heterocycles. The predicted octanol–water partition coefficient (Wildman–Crippen LogP) is 6.24. The molecular weight excluding hydrogens is 460 g/mol. The van der Waals surface area contributed by atoms with Gasteiger partial charge in [0, 0.05) is 27.0 Å². The first-order chi connectivity index (χ1) is 14.7. The molecule has 0 radical (unpaired) electrons. The molecular formula is C23H17BrN4OS. The lowest BCUT2D eigenvalue weighted by Crippen LogP contribution is -2.17. The molecule has 3 aromatic carbocycles. The summed E-state index contributed by atoms with van der Waals surface area (Å²) in [5.41, 5.74) is 3.43. The Morgan fingerprint density at radius 2 is 1.93 bits per heavy atom. The molecule has 0 spiro atoms. The second-order valence-electron chi connectivity index (χ2n) is 6.79. The van der Waals surface area contributed by atoms with Gasteiger partial charge in [-0.25, -0.2) is 0 Å². The van der Waals surface area contributed by atoms with E-state index < -0.39 is 6.23 Å². The lowest BCUT2D eigenvalue weighted by atomic mass is 10.1. The average Bonchev–Trinajstić information content (AvgIpc) is 2.93. The topological polar surface area (TPSA) is 59.9 Å². The first kappa shape index (κ1) is 19.1. The van der Waals surface area contributed by atoms with Crippen LogP contribution in [0.2, 0.25) is 0 Å². The molecule has 1 atom stereocenters. The molecule has 30 heavy (non-hydrogen) atoms. The zero-order valence-corrected chi connectivity index (χ0v) is 18.3. The SMILES string of the molecule is C=CCSc1nnc2c(n1)O[C@@H](c1ccc3ccccc3c1)Nc1ccc(Br)cc1-2. The van der Waals surface area contributed by atoms with Crippen molar-refractivity contribution in [2.75, 3.05) is 11.1 Å². The molecule has 0 amide bonds. The van der Waals surface area contributed by atoms with E-state index in [1.165, 1.54) is 17.1 Å². The van der Waals surface area contributed by atoms with Crippen molar-refractivity contribution in [3.05, 3.63) is 83.4 Å². The highest BCUT2D eigenvalue weighted by Crippen LogP contribution is 2.41. The largest absolute Gasteiger partial charge is 0.448 e. The van der Waals surface area contributed by atoms with Gasteiger partial charge in [-0.2, -0.15) is 4.98 Å². The lowest BCUT2D eigenvalue weighted by Gasteiger charge is -2.20. The highest BCUT2D eigenvalue weighted by atomic mass is 79.9. The number of aromatic nitrogens is 3. The van der Waals surface area contributed by atoms with Crippen molar-refractivity contribution in [2.45, 2.75) is 11.4 Å². The summed E-state index contributed by atoms with van der Waals surface area (Å²) < 4.78 is 7.30. The Morgan fingerprint density at radius 1 is 1.07 bits per heavy atom. The van der Waals surface area contributed by atoms with Crippen molar-refractivity contribution in [3.63, 3.8) is 0 Å². The minimum atomic E-state index is -0.412. The van der Waals surface area contributed by atoms with Crippen LogP contribution >= 0.6 is 27.7 Å². The highest BCUT2D eigenvalue weighted by molar-refractivity contribution is 9.10. The number of hydrogen-bond acceptors (Lipinski definition) is 6. The molecule has 0 saturated carbocycles. The molecule has 0 fully saturated rings. The lowest BCUT2D eigenvalue weighted by molar-refractivity contribution is 0.225. The summed E-state index contributed by atoms with van der Waals surface area (Å²) in [6.45, 7) is 3.75. The van der Waals surface area contributed by atoms with Crippen LogP contribution in [0.25, 0.3) is 22.0 Å². The van der Waals surface area contributed by atoms with Gasteiger partial charge in [-0.05, 0) is 35.0 Å². The number of nitrogens with zero attached hydrogens (tertiary/aromatic N) is 3. The van der Waals surface area contributed by atoms with Gasteiger partial charge in [0.15, 0.2) is 11.9 Å². The normalized spacial score (nSPS) is 14.8. The minimum Gasteiger partial charge on any atom is -0.448 e. The van der Waals surface area contributed by atoms with Crippen molar-refractivity contribution >= 4 is 44.2 Å². The predicted molar refractivity (Wildman–Crippen MR) is 125 cm³/mol. The van der Waals surface area contributed by atoms with Crippen molar-refractivity contribution in [3.8, 4) is 17.1 Å². The van der Waals surface area contributed by atoms with Crippen molar-refractivity contribution < 1.29 is 4.74 Å². The first-order valence-corrected chi connectivity index (χ1v) is 11.2. The molecule has 0 unspecified atom stereocenters. The van der Waals surface area contributed by atoms with Gasteiger partial charge in [-0.1, -0.05) is 70.2 Å². The maximum absolute atomic E-state index is 6.36. The maximum atomic E-state index is 6.36. The van der Waals surface area contributed by atoms with Crippen LogP contribution in [0, 0.1) is 0 Å². The number of fused-ring (bicyclic) bond motifs is 4. The third kappa shape index (κ3) is 3.66. The van der Waals surface area contributed by atoms with E-state index in [2.05, 4.69) is 73.3 Å². The van der Waals surface area contributed by atoms with Crippen molar-refractivity contribution in [2.24, 2.45) is 0 Å². The van der Waals surface area contributed by atoms with E-state index in [4.69, 9.17) is 4.74 Å². The molecule has 5 rings (SSSR count). The Bertz CT molecular complexity index is 1260.